The Labute approximate surface area is 269 Å². The van der Waals surface area contributed by atoms with Crippen LogP contribution in [-0.4, -0.2) is 52.9 Å². The van der Waals surface area contributed by atoms with Crippen LogP contribution in [-0.2, 0) is 0 Å². The predicted octanol–water partition coefficient (Wildman–Crippen LogP) is 7.03. The van der Waals surface area contributed by atoms with E-state index in [0.29, 0.717) is 29.9 Å². The molecule has 1 saturated heterocycles. The fourth-order valence-corrected chi connectivity index (χ4v) is 5.99. The van der Waals surface area contributed by atoms with Crippen molar-refractivity contribution >= 4 is 34.8 Å². The summed E-state index contributed by atoms with van der Waals surface area (Å²) < 4.78 is 0. The van der Waals surface area contributed by atoms with E-state index < -0.39 is 0 Å². The van der Waals surface area contributed by atoms with E-state index in [1.165, 1.54) is 11.1 Å². The molecular weight excluding hydrogens is 577 g/mol. The number of hydrogen-bond acceptors (Lipinski definition) is 4. The van der Waals surface area contributed by atoms with Gasteiger partial charge in [0.2, 0.25) is 0 Å². The zero-order chi connectivity index (χ0) is 31.0. The van der Waals surface area contributed by atoms with Crippen molar-refractivity contribution in [3.63, 3.8) is 0 Å². The van der Waals surface area contributed by atoms with Gasteiger partial charge >= 0.3 is 0 Å². The lowest BCUT2D eigenvalue weighted by Crippen LogP contribution is -2.50. The highest BCUT2D eigenvalue weighted by Gasteiger charge is 2.29. The molecule has 0 aliphatic carbocycles. The first-order valence-electron chi connectivity index (χ1n) is 15.1. The third kappa shape index (κ3) is 7.17. The third-order valence-corrected chi connectivity index (χ3v) is 8.29. The second-order valence-electron chi connectivity index (χ2n) is 10.9. The summed E-state index contributed by atoms with van der Waals surface area (Å²) in [6.07, 6.45) is 0. The molecule has 0 atom stereocenters. The van der Waals surface area contributed by atoms with Gasteiger partial charge in [0, 0.05) is 31.7 Å². The lowest BCUT2D eigenvalue weighted by Gasteiger charge is -2.40. The maximum absolute atomic E-state index is 13.7. The molecule has 0 saturated carbocycles. The van der Waals surface area contributed by atoms with E-state index >= 15 is 0 Å². The van der Waals surface area contributed by atoms with Crippen LogP contribution in [0.4, 0.5) is 5.69 Å². The molecule has 5 aromatic carbocycles. The number of carbonyl (C=O) groups excluding carboxylic acids is 2. The Bertz CT molecular complexity index is 1720. The molecule has 224 valence electrons. The van der Waals surface area contributed by atoms with Crippen LogP contribution in [0.5, 0.6) is 0 Å². The van der Waals surface area contributed by atoms with Crippen LogP contribution in [0.25, 0.3) is 11.1 Å². The van der Waals surface area contributed by atoms with Gasteiger partial charge in [0.1, 0.15) is 0 Å². The highest BCUT2D eigenvalue weighted by molar-refractivity contribution is 7.80. The minimum absolute atomic E-state index is 0.0700. The molecule has 0 bridgehead atoms. The van der Waals surface area contributed by atoms with Gasteiger partial charge in [0.25, 0.3) is 11.8 Å². The maximum atomic E-state index is 13.7. The Kier molecular flexibility index (Phi) is 9.39. The van der Waals surface area contributed by atoms with E-state index in [1.807, 2.05) is 71.6 Å². The first-order chi connectivity index (χ1) is 22.1. The zero-order valence-electron chi connectivity index (χ0n) is 24.8. The summed E-state index contributed by atoms with van der Waals surface area (Å²) in [5.74, 6) is -0.391. The standard InChI is InChI=1S/C38H34N4O2S/c43-36(32-22-20-29(21-23-32)28-12-4-1-5-13-28)40-38(45)39-34-19-11-10-18-33(34)37(44)42-26-24-41(25-27-42)35(30-14-6-2-7-15-30)31-16-8-3-9-17-31/h1-23,35H,24-27H2,(H2,39,40,43,45). The Hall–Kier alpha value is -5.11. The number of carbonyl (C=O) groups is 2. The number of piperazine rings is 1. The monoisotopic (exact) mass is 610 g/mol. The van der Waals surface area contributed by atoms with Crippen molar-refractivity contribution in [3.8, 4) is 11.1 Å². The Morgan fingerprint density at radius 3 is 1.71 bits per heavy atom. The summed E-state index contributed by atoms with van der Waals surface area (Å²) in [5.41, 5.74) is 6.14. The van der Waals surface area contributed by atoms with Crippen molar-refractivity contribution < 1.29 is 9.59 Å². The fourth-order valence-electron chi connectivity index (χ4n) is 5.79. The van der Waals surface area contributed by atoms with E-state index in [2.05, 4.69) is 64.1 Å². The second-order valence-corrected chi connectivity index (χ2v) is 11.4. The lowest BCUT2D eigenvalue weighted by molar-refractivity contribution is 0.0598. The van der Waals surface area contributed by atoms with E-state index in [9.17, 15) is 9.59 Å². The van der Waals surface area contributed by atoms with Gasteiger partial charge in [0.05, 0.1) is 17.3 Å². The van der Waals surface area contributed by atoms with Gasteiger partial charge in [-0.05, 0) is 58.7 Å². The van der Waals surface area contributed by atoms with Crippen LogP contribution < -0.4 is 10.6 Å². The summed E-state index contributed by atoms with van der Waals surface area (Å²) in [7, 11) is 0. The second kappa shape index (κ2) is 14.1. The molecule has 1 aliphatic heterocycles. The molecule has 1 fully saturated rings. The van der Waals surface area contributed by atoms with Crippen LogP contribution >= 0.6 is 12.2 Å². The molecule has 45 heavy (non-hydrogen) atoms. The summed E-state index contributed by atoms with van der Waals surface area (Å²) in [6.45, 7) is 2.69. The molecule has 6 rings (SSSR count). The number of para-hydroxylation sites is 1. The van der Waals surface area contributed by atoms with E-state index in [1.54, 1.807) is 24.3 Å². The molecule has 0 aromatic heterocycles. The van der Waals surface area contributed by atoms with Crippen LogP contribution in [0.15, 0.2) is 140 Å². The lowest BCUT2D eigenvalue weighted by atomic mass is 9.96. The molecule has 1 aliphatic rings. The van der Waals surface area contributed by atoms with E-state index in [4.69, 9.17) is 12.2 Å². The molecular formula is C38H34N4O2S. The van der Waals surface area contributed by atoms with Crippen LogP contribution in [0.3, 0.4) is 0 Å². The first-order valence-corrected chi connectivity index (χ1v) is 15.5. The number of rotatable bonds is 7. The Balaban J connectivity index is 1.09. The Morgan fingerprint density at radius 2 is 1.11 bits per heavy atom. The average Bonchev–Trinajstić information content (AvgIpc) is 3.10. The van der Waals surface area contributed by atoms with Gasteiger partial charge in [-0.25, -0.2) is 0 Å². The van der Waals surface area contributed by atoms with Crippen LogP contribution in [0, 0.1) is 0 Å². The molecule has 2 amide bonds. The minimum atomic E-state index is -0.321. The van der Waals surface area contributed by atoms with E-state index in [0.717, 1.165) is 24.2 Å². The summed E-state index contributed by atoms with van der Waals surface area (Å²) in [5, 5.41) is 5.96. The first kappa shape index (κ1) is 29.9. The zero-order valence-corrected chi connectivity index (χ0v) is 25.6. The summed E-state index contributed by atoms with van der Waals surface area (Å²) >= 11 is 5.48. The maximum Gasteiger partial charge on any atom is 0.257 e. The number of benzene rings is 5. The Morgan fingerprint density at radius 1 is 0.600 bits per heavy atom. The van der Waals surface area contributed by atoms with Crippen LogP contribution in [0.1, 0.15) is 37.9 Å². The highest BCUT2D eigenvalue weighted by Crippen LogP contribution is 2.30. The van der Waals surface area contributed by atoms with Gasteiger partial charge in [-0.2, -0.15) is 0 Å². The quantitative estimate of drug-likeness (QED) is 0.194. The van der Waals surface area contributed by atoms with Crippen molar-refractivity contribution in [3.05, 3.63) is 162 Å². The largest absolute Gasteiger partial charge is 0.336 e. The van der Waals surface area contributed by atoms with Gasteiger partial charge in [-0.3, -0.25) is 19.8 Å². The van der Waals surface area contributed by atoms with Gasteiger partial charge in [-0.15, -0.1) is 0 Å². The molecule has 5 aromatic rings. The number of hydrogen-bond donors (Lipinski definition) is 2. The van der Waals surface area contributed by atoms with Crippen molar-refractivity contribution in [2.45, 2.75) is 6.04 Å². The van der Waals surface area contributed by atoms with Crippen molar-refractivity contribution in [1.29, 1.82) is 0 Å². The smallest absolute Gasteiger partial charge is 0.257 e. The molecule has 2 N–H and O–H groups in total. The number of anilines is 1. The number of amides is 2. The van der Waals surface area contributed by atoms with Gasteiger partial charge < -0.3 is 10.2 Å². The van der Waals surface area contributed by atoms with Crippen molar-refractivity contribution in [1.82, 2.24) is 15.1 Å². The highest BCUT2D eigenvalue weighted by atomic mass is 32.1. The average molecular weight is 611 g/mol. The van der Waals surface area contributed by atoms with Crippen LogP contribution in [0.2, 0.25) is 0 Å². The number of thiocarbonyl (C=S) groups is 1. The van der Waals surface area contributed by atoms with Gasteiger partial charge in [0.15, 0.2) is 5.11 Å². The number of nitrogens with zero attached hydrogens (tertiary/aromatic N) is 2. The summed E-state index contributed by atoms with van der Waals surface area (Å²) in [6, 6.07) is 45.8. The molecule has 0 spiro atoms. The van der Waals surface area contributed by atoms with Crippen molar-refractivity contribution in [2.75, 3.05) is 31.5 Å². The van der Waals surface area contributed by atoms with Gasteiger partial charge in [-0.1, -0.05) is 115 Å². The minimum Gasteiger partial charge on any atom is -0.336 e. The fraction of sp³-hybridized carbons (Fsp3) is 0.132. The topological polar surface area (TPSA) is 64.7 Å². The number of nitrogens with one attached hydrogen (secondary N) is 2. The molecule has 1 heterocycles. The predicted molar refractivity (Wildman–Crippen MR) is 184 cm³/mol. The SMILES string of the molecule is O=C(NC(=S)Nc1ccccc1C(=O)N1CCN(C(c2ccccc2)c2ccccc2)CC1)c1ccc(-c2ccccc2)cc1. The van der Waals surface area contributed by atoms with E-state index in [-0.39, 0.29) is 23.0 Å². The molecule has 0 radical (unpaired) electrons. The summed E-state index contributed by atoms with van der Waals surface area (Å²) in [4.78, 5) is 31.0. The molecule has 6 nitrogen and oxygen atoms in total. The van der Waals surface area contributed by atoms with Crippen molar-refractivity contribution in [2.24, 2.45) is 0 Å². The molecule has 7 heteroatoms. The molecule has 0 unspecified atom stereocenters. The normalized spacial score (nSPS) is 13.3. The third-order valence-electron chi connectivity index (χ3n) is 8.08.